The normalized spacial score (nSPS) is 13.2. The molecule has 0 atom stereocenters. The molecule has 16 rings (SSSR count). The monoisotopic (exact) mass is 1780 g/mol. The maximum Gasteiger partial charge on any atom is 0.305 e. The number of carbonyl (C=O) groups is 2. The van der Waals surface area contributed by atoms with Crippen molar-refractivity contribution >= 4 is 105 Å². The van der Waals surface area contributed by atoms with E-state index in [0.717, 1.165) is 156 Å². The average Bonchev–Trinajstić information content (AvgIpc) is 1.60. The second-order valence-electron chi connectivity index (χ2n) is 45.0. The summed E-state index contributed by atoms with van der Waals surface area (Å²) in [7, 11) is 2.86. The van der Waals surface area contributed by atoms with Gasteiger partial charge in [0.1, 0.15) is 11.5 Å². The van der Waals surface area contributed by atoms with Crippen LogP contribution in [-0.4, -0.2) is 79.2 Å². The SMILES string of the molecule is COC(=O)CCCCOc1cccc(-c2c3nc(c(-c4cc(C(C)(C)C)cc(C(C)(C)C)c4)c4ccc([nH]4)c(-c4c5nc(c(-c6cc(C(C)(C)C)cc(C(C)(C)C)c6)c6ccc([nH]6)c(-c6cccc(OCCCCC(=O)OC)c6)c6nc(c(-c7cc(C(C)(C)C)cc(C(C)(C)C)c7)c7ccc4[nH]7)C=C6)C=C5)c4nc(c(-c5cc(C(C)(C)C)cc(C(C)(C)C)c5)c5ccc2[nH]5)C=C4)C=C3)c1. The molecular formula is C120H134N8O6. The van der Waals surface area contributed by atoms with Crippen molar-refractivity contribution in [1.29, 1.82) is 0 Å². The summed E-state index contributed by atoms with van der Waals surface area (Å²) in [5, 5.41) is 0. The Balaban J connectivity index is 1.10. The highest BCUT2D eigenvalue weighted by atomic mass is 16.5. The van der Waals surface area contributed by atoms with Gasteiger partial charge in [-0.15, -0.1) is 0 Å². The number of hydrogen-bond donors (Lipinski definition) is 4. The number of nitrogens with one attached hydrogen (secondary N) is 4. The molecule has 0 aliphatic carbocycles. The highest BCUT2D eigenvalue weighted by Crippen LogP contribution is 2.49. The van der Waals surface area contributed by atoms with Crippen LogP contribution in [0.3, 0.4) is 0 Å². The molecule has 4 aliphatic rings. The Hall–Kier alpha value is -12.9. The van der Waals surface area contributed by atoms with Crippen LogP contribution in [0.1, 0.15) is 295 Å². The maximum atomic E-state index is 12.2. The van der Waals surface area contributed by atoms with Crippen molar-refractivity contribution in [2.75, 3.05) is 27.4 Å². The molecule has 16 bridgehead atoms. The number of ether oxygens (including phenoxy) is 4. The molecule has 0 spiro atoms. The Morgan fingerprint density at radius 2 is 0.433 bits per heavy atom. The lowest BCUT2D eigenvalue weighted by molar-refractivity contribution is -0.141. The minimum atomic E-state index is -0.240. The molecule has 0 amide bonds. The molecule has 14 nitrogen and oxygen atoms in total. The van der Waals surface area contributed by atoms with Crippen LogP contribution in [0.5, 0.6) is 11.5 Å². The van der Waals surface area contributed by atoms with Crippen molar-refractivity contribution in [1.82, 2.24) is 39.9 Å². The summed E-state index contributed by atoms with van der Waals surface area (Å²) in [6, 6.07) is 63.0. The summed E-state index contributed by atoms with van der Waals surface area (Å²) in [6.45, 7) is 56.0. The van der Waals surface area contributed by atoms with Crippen LogP contribution < -0.4 is 9.47 Å². The van der Waals surface area contributed by atoms with Gasteiger partial charge in [0.25, 0.3) is 0 Å². The number of aromatic nitrogens is 8. The lowest BCUT2D eigenvalue weighted by Crippen LogP contribution is -2.16. The van der Waals surface area contributed by atoms with Gasteiger partial charge in [-0.1, -0.05) is 263 Å². The van der Waals surface area contributed by atoms with Crippen molar-refractivity contribution < 1.29 is 28.5 Å². The van der Waals surface area contributed by atoms with Gasteiger partial charge in [-0.3, -0.25) is 9.59 Å². The molecule has 12 aromatic rings. The highest BCUT2D eigenvalue weighted by molar-refractivity contribution is 6.07. The first-order valence-electron chi connectivity index (χ1n) is 47.7. The van der Waals surface area contributed by atoms with Gasteiger partial charge in [0.05, 0.1) is 73.0 Å². The predicted octanol–water partition coefficient (Wildman–Crippen LogP) is 31.1. The number of carbonyl (C=O) groups excluding carboxylic acids is 2. The first-order chi connectivity index (χ1) is 63.1. The zero-order valence-electron chi connectivity index (χ0n) is 83.7. The summed E-state index contributed by atoms with van der Waals surface area (Å²) in [5.41, 5.74) is 33.6. The topological polar surface area (TPSA) is 186 Å². The number of benzene rings is 6. The van der Waals surface area contributed by atoms with Gasteiger partial charge in [-0.2, -0.15) is 0 Å². The Labute approximate surface area is 792 Å². The van der Waals surface area contributed by atoms with E-state index < -0.39 is 0 Å². The second-order valence-corrected chi connectivity index (χ2v) is 45.0. The Morgan fingerprint density at radius 3 is 0.634 bits per heavy atom. The standard InChI is InChI=1S/C120H134N8O6/c1-113(2,3)77-57-73(58-78(67-77)114(4,5)6)107-91-43-39-87(121-91)105(71-33-31-35-85(65-71)133-55-29-27-37-103(129)131-25)88-40-44-92(122-88)108(74-59-79(115(7,8)9)68-80(60-74)116(10,11)12)96-48-52-100(126-96)111(99-51-47-95(107)125-99)112-101-53-49-97(127-101)109(75-61-81(117(13,14)15)69-82(62-75)118(16,17)18)93-45-41-89(123-93)106(72-34-32-36-86(66-72)134-56-30-28-38-104(130)132-26)90-42-46-94(124-90)110(98-50-54-102(112)128-98)76-63-83(119(19,20)21)70-84(64-76)120(22,23)24/h31-36,39-54,57-70,121,123,126,128H,27-30,37-38,55-56H2,1-26H3. The lowest BCUT2D eigenvalue weighted by atomic mass is 9.78. The fourth-order valence-corrected chi connectivity index (χ4v) is 18.1. The van der Waals surface area contributed by atoms with Crippen LogP contribution >= 0.6 is 0 Å². The van der Waals surface area contributed by atoms with Gasteiger partial charge >= 0.3 is 11.9 Å². The van der Waals surface area contributed by atoms with Crippen LogP contribution in [0.15, 0.2) is 170 Å². The van der Waals surface area contributed by atoms with Crippen LogP contribution in [0.2, 0.25) is 0 Å². The van der Waals surface area contributed by atoms with Crippen LogP contribution in [0.4, 0.5) is 0 Å². The average molecular weight is 1780 g/mol. The molecule has 0 saturated carbocycles. The third-order valence-corrected chi connectivity index (χ3v) is 26.4. The maximum absolute atomic E-state index is 12.2. The smallest absolute Gasteiger partial charge is 0.305 e. The van der Waals surface area contributed by atoms with Crippen molar-refractivity contribution in [3.63, 3.8) is 0 Å². The summed E-state index contributed by atoms with van der Waals surface area (Å²) in [5.74, 6) is 0.948. The first-order valence-corrected chi connectivity index (χ1v) is 47.7. The van der Waals surface area contributed by atoms with Gasteiger partial charge < -0.3 is 38.9 Å². The fourth-order valence-electron chi connectivity index (χ4n) is 18.1. The molecule has 0 radical (unpaired) electrons. The number of unbranched alkanes of at least 4 members (excludes halogenated alkanes) is 2. The van der Waals surface area contributed by atoms with E-state index in [9.17, 15) is 9.59 Å². The van der Waals surface area contributed by atoms with E-state index in [2.05, 4.69) is 392 Å². The summed E-state index contributed by atoms with van der Waals surface area (Å²) in [4.78, 5) is 65.5. The van der Waals surface area contributed by atoms with Gasteiger partial charge in [-0.25, -0.2) is 19.9 Å². The molecule has 4 aliphatic heterocycles. The molecule has 10 heterocycles. The van der Waals surface area contributed by atoms with E-state index in [-0.39, 0.29) is 55.3 Å². The Morgan fingerprint density at radius 1 is 0.239 bits per heavy atom. The number of rotatable bonds is 19. The number of esters is 2. The van der Waals surface area contributed by atoms with E-state index in [4.69, 9.17) is 38.9 Å². The molecule has 6 aromatic carbocycles. The third-order valence-electron chi connectivity index (χ3n) is 26.4. The van der Waals surface area contributed by atoms with E-state index in [1.165, 1.54) is 58.7 Å². The zero-order chi connectivity index (χ0) is 95.8. The minimum Gasteiger partial charge on any atom is -0.494 e. The number of H-pyrrole nitrogens is 4. The second kappa shape index (κ2) is 36.1. The molecule has 6 aromatic heterocycles. The molecule has 4 N–H and O–H groups in total. The molecule has 134 heavy (non-hydrogen) atoms. The molecule has 14 heteroatoms. The summed E-state index contributed by atoms with van der Waals surface area (Å²) >= 11 is 0. The van der Waals surface area contributed by atoms with E-state index in [1.807, 2.05) is 12.1 Å². The molecule has 0 unspecified atom stereocenters. The first kappa shape index (κ1) is 94.3. The largest absolute Gasteiger partial charge is 0.494 e. The molecule has 0 saturated heterocycles. The molecular weight excluding hydrogens is 1650 g/mol. The van der Waals surface area contributed by atoms with E-state index in [0.29, 0.717) is 74.6 Å². The lowest BCUT2D eigenvalue weighted by Gasteiger charge is -2.26. The number of nitrogens with zero attached hydrogens (tertiary/aromatic N) is 4. The van der Waals surface area contributed by atoms with E-state index >= 15 is 0 Å². The summed E-state index contributed by atoms with van der Waals surface area (Å²) < 4.78 is 23.1. The van der Waals surface area contributed by atoms with Gasteiger partial charge in [-0.05, 0) is 268 Å². The van der Waals surface area contributed by atoms with Crippen molar-refractivity contribution in [2.24, 2.45) is 0 Å². The molecule has 0 fully saturated rings. The number of hydrogen-bond acceptors (Lipinski definition) is 10. The predicted molar refractivity (Wildman–Crippen MR) is 562 cm³/mol. The Bertz CT molecular complexity index is 6440. The van der Waals surface area contributed by atoms with E-state index in [1.54, 1.807) is 0 Å². The highest BCUT2D eigenvalue weighted by Gasteiger charge is 2.32. The minimum absolute atomic E-state index is 0.231. The third kappa shape index (κ3) is 20.1. The Kier molecular flexibility index (Phi) is 25.4. The van der Waals surface area contributed by atoms with Crippen LogP contribution in [-0.2, 0) is 62.4 Å². The molecule has 690 valence electrons. The number of methoxy groups -OCH3 is 2. The number of fused-ring (bicyclic) bond motifs is 16. The van der Waals surface area contributed by atoms with Gasteiger partial charge in [0.2, 0.25) is 0 Å². The zero-order valence-corrected chi connectivity index (χ0v) is 83.7. The van der Waals surface area contributed by atoms with Crippen molar-refractivity contribution in [3.05, 3.63) is 260 Å². The van der Waals surface area contributed by atoms with Crippen molar-refractivity contribution in [2.45, 2.75) is 248 Å². The van der Waals surface area contributed by atoms with Gasteiger partial charge in [0.15, 0.2) is 0 Å². The van der Waals surface area contributed by atoms with Crippen LogP contribution in [0, 0.1) is 0 Å². The van der Waals surface area contributed by atoms with Gasteiger partial charge in [0, 0.05) is 101 Å². The van der Waals surface area contributed by atoms with Crippen LogP contribution in [0.25, 0.3) is 171 Å². The number of aromatic amines is 4. The fraction of sp³-hybridized carbons (Fsp3) is 0.350. The summed E-state index contributed by atoms with van der Waals surface area (Å²) in [6.07, 6.45) is 20.9. The van der Waals surface area contributed by atoms with Crippen molar-refractivity contribution in [3.8, 4) is 89.4 Å². The quantitative estimate of drug-likeness (QED) is 0.0448.